The minimum atomic E-state index is -5.00. The van der Waals surface area contributed by atoms with E-state index in [1.54, 1.807) is 22.8 Å². The Bertz CT molecular complexity index is 1250. The molecule has 0 aliphatic carbocycles. The number of imidazole rings is 1. The van der Waals surface area contributed by atoms with E-state index < -0.39 is 18.2 Å². The number of hydrogen-bond donors (Lipinski definition) is 3. The molecule has 166 valence electrons. The van der Waals surface area contributed by atoms with Gasteiger partial charge in [-0.2, -0.15) is 13.2 Å². The van der Waals surface area contributed by atoms with Crippen LogP contribution in [0.4, 0.5) is 24.8 Å². The lowest BCUT2D eigenvalue weighted by molar-refractivity contribution is -0.167. The first-order valence-corrected chi connectivity index (χ1v) is 9.69. The number of alkyl halides is 3. The van der Waals surface area contributed by atoms with Crippen molar-refractivity contribution in [2.24, 2.45) is 10.7 Å². The van der Waals surface area contributed by atoms with Gasteiger partial charge in [-0.25, -0.2) is 9.98 Å². The second kappa shape index (κ2) is 7.32. The molecule has 2 aromatic carbocycles. The van der Waals surface area contributed by atoms with Crippen molar-refractivity contribution in [1.29, 1.82) is 0 Å². The zero-order chi connectivity index (χ0) is 22.5. The van der Waals surface area contributed by atoms with Crippen LogP contribution in [0.3, 0.4) is 0 Å². The van der Waals surface area contributed by atoms with E-state index in [4.69, 9.17) is 15.2 Å². The van der Waals surface area contributed by atoms with E-state index in [0.29, 0.717) is 47.3 Å². The Hall–Kier alpha value is -3.96. The number of nitrogens with one attached hydrogen (secondary N) is 2. The van der Waals surface area contributed by atoms with Gasteiger partial charge in [-0.3, -0.25) is 14.7 Å². The Kier molecular flexibility index (Phi) is 4.57. The number of anilines is 2. The van der Waals surface area contributed by atoms with E-state index in [0.717, 1.165) is 6.42 Å². The van der Waals surface area contributed by atoms with Gasteiger partial charge in [0, 0.05) is 24.2 Å². The van der Waals surface area contributed by atoms with E-state index in [2.05, 4.69) is 15.3 Å². The Balaban J connectivity index is 1.58. The predicted octanol–water partition coefficient (Wildman–Crippen LogP) is 2.99. The third kappa shape index (κ3) is 3.53. The van der Waals surface area contributed by atoms with Gasteiger partial charge >= 0.3 is 12.1 Å². The highest BCUT2D eigenvalue weighted by molar-refractivity contribution is 5.96. The van der Waals surface area contributed by atoms with Gasteiger partial charge in [-0.15, -0.1) is 0 Å². The first-order chi connectivity index (χ1) is 15.3. The molecule has 2 aliphatic rings. The Morgan fingerprint density at radius 2 is 1.94 bits per heavy atom. The number of nitrogens with zero attached hydrogens (tertiary/aromatic N) is 3. The number of benzene rings is 2. The average Bonchev–Trinajstić information content (AvgIpc) is 2.92. The van der Waals surface area contributed by atoms with Crippen molar-refractivity contribution in [2.45, 2.75) is 18.8 Å². The first kappa shape index (κ1) is 20.0. The Labute approximate surface area is 179 Å². The number of aromatic nitrogens is 2. The number of guanidine groups is 1. The normalized spacial score (nSPS) is 17.7. The molecular weight excluding hydrogens is 429 g/mol. The summed E-state index contributed by atoms with van der Waals surface area (Å²) in [6.45, 7) is 1.03. The number of ether oxygens (including phenoxy) is 2. The maximum Gasteiger partial charge on any atom is 0.471 e. The van der Waals surface area contributed by atoms with Crippen molar-refractivity contribution in [1.82, 2.24) is 9.55 Å². The van der Waals surface area contributed by atoms with Crippen molar-refractivity contribution < 1.29 is 27.4 Å². The topological polar surface area (TPSA) is 116 Å². The molecule has 0 fully saturated rings. The number of rotatable bonds is 2. The van der Waals surface area contributed by atoms with E-state index in [9.17, 15) is 18.0 Å². The van der Waals surface area contributed by atoms with Crippen LogP contribution in [-0.2, 0) is 4.79 Å². The highest BCUT2D eigenvalue weighted by Gasteiger charge is 2.38. The molecule has 0 bridgehead atoms. The summed E-state index contributed by atoms with van der Waals surface area (Å²) in [6, 6.07) is 9.52. The fraction of sp³-hybridized carbons (Fsp3) is 0.250. The molecule has 1 atom stereocenters. The van der Waals surface area contributed by atoms with Crippen LogP contribution in [0.1, 0.15) is 18.2 Å². The standard InChI is InChI=1S/C20H17F3N6O3/c21-20(22,23)17(30)25-11-4-1-3-10(7-11)16-27-18(24)28-19-26-12-8-14-15(9-13(12)29(16)19)32-6-2-5-31-14/h1,3-4,7-9,16H,2,5-6H2,(H,25,30)(H3,24,26,27,28). The van der Waals surface area contributed by atoms with Crippen LogP contribution in [0.15, 0.2) is 41.4 Å². The molecule has 3 heterocycles. The highest BCUT2D eigenvalue weighted by Crippen LogP contribution is 2.39. The van der Waals surface area contributed by atoms with Crippen molar-refractivity contribution in [2.75, 3.05) is 23.8 Å². The van der Waals surface area contributed by atoms with E-state index in [-0.39, 0.29) is 11.6 Å². The maximum atomic E-state index is 12.6. The number of carbonyl (C=O) groups excluding carboxylic acids is 1. The molecule has 0 saturated carbocycles. The number of hydrogen-bond acceptors (Lipinski definition) is 7. The Morgan fingerprint density at radius 3 is 2.69 bits per heavy atom. The van der Waals surface area contributed by atoms with Crippen LogP contribution >= 0.6 is 0 Å². The van der Waals surface area contributed by atoms with Crippen molar-refractivity contribution >= 4 is 34.5 Å². The van der Waals surface area contributed by atoms with Gasteiger partial charge in [-0.1, -0.05) is 12.1 Å². The first-order valence-electron chi connectivity index (χ1n) is 9.69. The van der Waals surface area contributed by atoms with Gasteiger partial charge in [0.2, 0.25) is 5.95 Å². The number of amides is 1. The number of carbonyl (C=O) groups is 1. The van der Waals surface area contributed by atoms with Gasteiger partial charge < -0.3 is 20.5 Å². The summed E-state index contributed by atoms with van der Waals surface area (Å²) in [5.74, 6) is -0.423. The molecule has 9 nitrogen and oxygen atoms in total. The predicted molar refractivity (Wildman–Crippen MR) is 110 cm³/mol. The molecule has 12 heteroatoms. The smallest absolute Gasteiger partial charge is 0.471 e. The summed E-state index contributed by atoms with van der Waals surface area (Å²) in [4.78, 5) is 20.3. The van der Waals surface area contributed by atoms with Crippen LogP contribution in [-0.4, -0.2) is 40.8 Å². The maximum absolute atomic E-state index is 12.6. The molecule has 1 amide bonds. The second-order valence-electron chi connectivity index (χ2n) is 7.23. The van der Waals surface area contributed by atoms with E-state index >= 15 is 0 Å². The minimum Gasteiger partial charge on any atom is -0.489 e. The number of nitrogens with two attached hydrogens (primary N) is 1. The van der Waals surface area contributed by atoms with Crippen molar-refractivity contribution in [3.8, 4) is 11.5 Å². The number of fused-ring (bicyclic) bond motifs is 4. The SMILES string of the molecule is NC1=NC(c2cccc(NC(=O)C(F)(F)F)c2)n2c(nc3cc4c(cc32)OCCCO4)N1. The molecule has 1 unspecified atom stereocenters. The molecule has 4 N–H and O–H groups in total. The van der Waals surface area contributed by atoms with Crippen molar-refractivity contribution in [3.05, 3.63) is 42.0 Å². The summed E-state index contributed by atoms with van der Waals surface area (Å²) in [5.41, 5.74) is 7.69. The summed E-state index contributed by atoms with van der Waals surface area (Å²) >= 11 is 0. The molecule has 32 heavy (non-hydrogen) atoms. The van der Waals surface area contributed by atoms with Crippen LogP contribution in [0.25, 0.3) is 11.0 Å². The zero-order valence-corrected chi connectivity index (χ0v) is 16.4. The van der Waals surface area contributed by atoms with Gasteiger partial charge in [-0.05, 0) is 17.7 Å². The molecule has 0 radical (unpaired) electrons. The lowest BCUT2D eigenvalue weighted by Gasteiger charge is -2.24. The largest absolute Gasteiger partial charge is 0.489 e. The molecule has 5 rings (SSSR count). The van der Waals surface area contributed by atoms with Crippen LogP contribution in [0, 0.1) is 0 Å². The molecular formula is C20H17F3N6O3. The van der Waals surface area contributed by atoms with Crippen molar-refractivity contribution in [3.63, 3.8) is 0 Å². The van der Waals surface area contributed by atoms with Crippen LogP contribution in [0.2, 0.25) is 0 Å². The van der Waals surface area contributed by atoms with Crippen LogP contribution < -0.4 is 25.8 Å². The average molecular weight is 446 g/mol. The monoisotopic (exact) mass is 446 g/mol. The summed E-state index contributed by atoms with van der Waals surface area (Å²) < 4.78 is 51.2. The molecule has 1 aromatic heterocycles. The van der Waals surface area contributed by atoms with Gasteiger partial charge in [0.15, 0.2) is 23.6 Å². The second-order valence-corrected chi connectivity index (χ2v) is 7.23. The third-order valence-corrected chi connectivity index (χ3v) is 5.00. The molecule has 0 spiro atoms. The van der Waals surface area contributed by atoms with Gasteiger partial charge in [0.1, 0.15) is 0 Å². The summed E-state index contributed by atoms with van der Waals surface area (Å²) in [7, 11) is 0. The van der Waals surface area contributed by atoms with Crippen LogP contribution in [0.5, 0.6) is 11.5 Å². The van der Waals surface area contributed by atoms with Gasteiger partial charge in [0.05, 0.1) is 24.2 Å². The summed E-state index contributed by atoms with van der Waals surface area (Å²) in [5, 5.41) is 4.75. The molecule has 3 aromatic rings. The number of aliphatic imine (C=N–C) groups is 1. The highest BCUT2D eigenvalue weighted by atomic mass is 19.4. The lowest BCUT2D eigenvalue weighted by Crippen LogP contribution is -2.32. The Morgan fingerprint density at radius 1 is 1.19 bits per heavy atom. The zero-order valence-electron chi connectivity index (χ0n) is 16.4. The third-order valence-electron chi connectivity index (χ3n) is 5.00. The van der Waals surface area contributed by atoms with Gasteiger partial charge in [0.25, 0.3) is 0 Å². The molecule has 0 saturated heterocycles. The fourth-order valence-electron chi connectivity index (χ4n) is 3.63. The summed E-state index contributed by atoms with van der Waals surface area (Å²) in [6.07, 6.45) is -4.98. The van der Waals surface area contributed by atoms with E-state index in [1.165, 1.54) is 18.2 Å². The number of halogens is 3. The van der Waals surface area contributed by atoms with E-state index in [1.807, 2.05) is 5.32 Å². The minimum absolute atomic E-state index is 0.0197. The lowest BCUT2D eigenvalue weighted by atomic mass is 10.1. The quantitative estimate of drug-likeness (QED) is 0.558. The fourth-order valence-corrected chi connectivity index (χ4v) is 3.63. The molecule has 2 aliphatic heterocycles.